The number of thioether (sulfide) groups is 1. The summed E-state index contributed by atoms with van der Waals surface area (Å²) in [6, 6.07) is 2.76. The summed E-state index contributed by atoms with van der Waals surface area (Å²) < 4.78 is 0. The molecule has 6 heteroatoms. The van der Waals surface area contributed by atoms with Gasteiger partial charge in [0, 0.05) is 43.0 Å². The molecule has 4 rings (SSSR count). The summed E-state index contributed by atoms with van der Waals surface area (Å²) in [6.07, 6.45) is 4.50. The van der Waals surface area contributed by atoms with Crippen molar-refractivity contribution in [2.24, 2.45) is 10.9 Å². The zero-order chi connectivity index (χ0) is 17.4. The van der Waals surface area contributed by atoms with Gasteiger partial charge in [0.2, 0.25) is 0 Å². The van der Waals surface area contributed by atoms with Gasteiger partial charge in [0.1, 0.15) is 5.78 Å². The lowest BCUT2D eigenvalue weighted by Gasteiger charge is -2.42. The van der Waals surface area contributed by atoms with E-state index in [1.165, 1.54) is 17.7 Å². The van der Waals surface area contributed by atoms with Crippen LogP contribution in [0.2, 0.25) is 0 Å². The SMILES string of the molecule is C=C1SC(N2CCN(C3CCC(C(C)=O)CC3)CC2)=Nc2ccsc21. The highest BCUT2D eigenvalue weighted by molar-refractivity contribution is 8.21. The van der Waals surface area contributed by atoms with Crippen LogP contribution in [0.3, 0.4) is 0 Å². The van der Waals surface area contributed by atoms with E-state index in [1.54, 1.807) is 30.0 Å². The molecule has 2 aliphatic heterocycles. The van der Waals surface area contributed by atoms with Crippen molar-refractivity contribution in [3.63, 3.8) is 0 Å². The van der Waals surface area contributed by atoms with Crippen molar-refractivity contribution < 1.29 is 4.79 Å². The van der Waals surface area contributed by atoms with Gasteiger partial charge in [-0.25, -0.2) is 4.99 Å². The van der Waals surface area contributed by atoms with Crippen molar-refractivity contribution in [1.82, 2.24) is 9.80 Å². The molecular formula is C19H25N3OS2. The predicted molar refractivity (Wildman–Crippen MR) is 108 cm³/mol. The van der Waals surface area contributed by atoms with E-state index in [1.807, 2.05) is 0 Å². The van der Waals surface area contributed by atoms with Gasteiger partial charge >= 0.3 is 0 Å². The molecular weight excluding hydrogens is 350 g/mol. The number of thiophene rings is 1. The van der Waals surface area contributed by atoms with Crippen LogP contribution in [0, 0.1) is 5.92 Å². The van der Waals surface area contributed by atoms with E-state index in [2.05, 4.69) is 27.8 Å². The molecule has 1 saturated heterocycles. The van der Waals surface area contributed by atoms with E-state index in [0.717, 1.165) is 54.8 Å². The number of carbonyl (C=O) groups excluding carboxylic acids is 1. The number of ketones is 1. The predicted octanol–water partition coefficient (Wildman–Crippen LogP) is 4.22. The topological polar surface area (TPSA) is 35.9 Å². The Labute approximate surface area is 158 Å². The second-order valence-corrected chi connectivity index (χ2v) is 9.17. The number of fused-ring (bicyclic) bond motifs is 1. The molecule has 0 N–H and O–H groups in total. The summed E-state index contributed by atoms with van der Waals surface area (Å²) in [5, 5.41) is 3.20. The van der Waals surface area contributed by atoms with Gasteiger partial charge in [-0.15, -0.1) is 11.3 Å². The maximum atomic E-state index is 11.6. The first-order chi connectivity index (χ1) is 12.1. The van der Waals surface area contributed by atoms with E-state index in [0.29, 0.717) is 17.7 Å². The largest absolute Gasteiger partial charge is 0.348 e. The van der Waals surface area contributed by atoms with Gasteiger partial charge in [-0.2, -0.15) is 0 Å². The quantitative estimate of drug-likeness (QED) is 0.775. The maximum Gasteiger partial charge on any atom is 0.169 e. The van der Waals surface area contributed by atoms with E-state index in [-0.39, 0.29) is 0 Å². The van der Waals surface area contributed by atoms with Gasteiger partial charge in [0.15, 0.2) is 5.17 Å². The minimum Gasteiger partial charge on any atom is -0.348 e. The fourth-order valence-corrected chi connectivity index (χ4v) is 5.98. The number of nitrogens with zero attached hydrogens (tertiary/aromatic N) is 3. The third-order valence-corrected chi connectivity index (χ3v) is 7.78. The number of carbonyl (C=O) groups is 1. The van der Waals surface area contributed by atoms with Crippen LogP contribution >= 0.6 is 23.1 Å². The Balaban J connectivity index is 1.34. The number of Topliss-reactive ketones (excluding diaryl/α,β-unsaturated/α-hetero) is 1. The number of hydrogen-bond donors (Lipinski definition) is 0. The van der Waals surface area contributed by atoms with E-state index in [9.17, 15) is 4.79 Å². The Morgan fingerprint density at radius 3 is 2.60 bits per heavy atom. The molecule has 0 radical (unpaired) electrons. The number of hydrogen-bond acceptors (Lipinski definition) is 6. The van der Waals surface area contributed by atoms with Gasteiger partial charge in [-0.3, -0.25) is 9.69 Å². The average Bonchev–Trinajstić information content (AvgIpc) is 3.11. The number of piperazine rings is 1. The van der Waals surface area contributed by atoms with Gasteiger partial charge in [0.25, 0.3) is 0 Å². The van der Waals surface area contributed by atoms with Gasteiger partial charge < -0.3 is 4.90 Å². The summed E-state index contributed by atoms with van der Waals surface area (Å²) in [5.74, 6) is 0.694. The minimum absolute atomic E-state index is 0.316. The average molecular weight is 376 g/mol. The molecule has 0 amide bonds. The van der Waals surface area contributed by atoms with Gasteiger partial charge in [0.05, 0.1) is 10.6 Å². The molecule has 1 aliphatic carbocycles. The van der Waals surface area contributed by atoms with Crippen LogP contribution in [-0.2, 0) is 4.79 Å². The Morgan fingerprint density at radius 1 is 1.20 bits per heavy atom. The van der Waals surface area contributed by atoms with Gasteiger partial charge in [-0.1, -0.05) is 18.3 Å². The van der Waals surface area contributed by atoms with Crippen LogP contribution in [0.4, 0.5) is 5.69 Å². The molecule has 0 aromatic carbocycles. The number of aliphatic imine (C=N–C) groups is 1. The number of rotatable bonds is 2. The van der Waals surface area contributed by atoms with Crippen LogP contribution < -0.4 is 0 Å². The zero-order valence-electron chi connectivity index (χ0n) is 14.7. The summed E-state index contributed by atoms with van der Waals surface area (Å²) in [5.41, 5.74) is 1.08. The summed E-state index contributed by atoms with van der Waals surface area (Å²) in [4.78, 5) is 23.8. The Kier molecular flexibility index (Phi) is 5.02. The van der Waals surface area contributed by atoms with Crippen LogP contribution in [-0.4, -0.2) is 53.0 Å². The van der Waals surface area contributed by atoms with Crippen molar-refractivity contribution in [1.29, 1.82) is 0 Å². The fourth-order valence-electron chi connectivity index (χ4n) is 4.14. The highest BCUT2D eigenvalue weighted by Crippen LogP contribution is 2.43. The van der Waals surface area contributed by atoms with Crippen molar-refractivity contribution in [3.05, 3.63) is 22.9 Å². The molecule has 0 atom stereocenters. The third kappa shape index (κ3) is 3.57. The second kappa shape index (κ2) is 7.25. The molecule has 1 saturated carbocycles. The van der Waals surface area contributed by atoms with Crippen molar-refractivity contribution >= 4 is 44.6 Å². The molecule has 25 heavy (non-hydrogen) atoms. The summed E-state index contributed by atoms with van der Waals surface area (Å²) in [7, 11) is 0. The molecule has 4 nitrogen and oxygen atoms in total. The maximum absolute atomic E-state index is 11.6. The fraction of sp³-hybridized carbons (Fsp3) is 0.579. The van der Waals surface area contributed by atoms with E-state index >= 15 is 0 Å². The zero-order valence-corrected chi connectivity index (χ0v) is 16.4. The van der Waals surface area contributed by atoms with E-state index in [4.69, 9.17) is 4.99 Å². The highest BCUT2D eigenvalue weighted by Gasteiger charge is 2.31. The molecule has 0 unspecified atom stereocenters. The molecule has 0 spiro atoms. The van der Waals surface area contributed by atoms with Gasteiger partial charge in [-0.05, 0) is 44.1 Å². The van der Waals surface area contributed by atoms with Crippen LogP contribution in [0.5, 0.6) is 0 Å². The van der Waals surface area contributed by atoms with Crippen LogP contribution in [0.1, 0.15) is 37.5 Å². The first-order valence-electron chi connectivity index (χ1n) is 9.14. The molecule has 0 bridgehead atoms. The second-order valence-electron chi connectivity index (χ2n) is 7.19. The Bertz CT molecular complexity index is 695. The van der Waals surface area contributed by atoms with Crippen molar-refractivity contribution in [2.45, 2.75) is 38.6 Å². The lowest BCUT2D eigenvalue weighted by molar-refractivity contribution is -0.122. The Morgan fingerprint density at radius 2 is 1.92 bits per heavy atom. The standard InChI is InChI=1S/C19H25N3OS2/c1-13(23)15-3-5-16(6-4-15)21-8-10-22(11-9-21)19-20-17-7-12-24-18(17)14(2)25-19/h7,12,15-16H,2-6,8-11H2,1H3. The normalized spacial score (nSPS) is 27.8. The molecule has 1 aromatic heterocycles. The first-order valence-corrected chi connectivity index (χ1v) is 10.8. The lowest BCUT2D eigenvalue weighted by Crippen LogP contribution is -2.52. The minimum atomic E-state index is 0.316. The Hall–Kier alpha value is -1.11. The van der Waals surface area contributed by atoms with Crippen molar-refractivity contribution in [2.75, 3.05) is 26.2 Å². The molecule has 3 aliphatic rings. The van der Waals surface area contributed by atoms with E-state index < -0.39 is 0 Å². The molecule has 3 heterocycles. The molecule has 134 valence electrons. The molecule has 2 fully saturated rings. The monoisotopic (exact) mass is 375 g/mol. The highest BCUT2D eigenvalue weighted by atomic mass is 32.2. The first kappa shape index (κ1) is 17.3. The smallest absolute Gasteiger partial charge is 0.169 e. The van der Waals surface area contributed by atoms with Crippen molar-refractivity contribution in [3.8, 4) is 0 Å². The third-order valence-electron chi connectivity index (χ3n) is 5.70. The summed E-state index contributed by atoms with van der Waals surface area (Å²) in [6.45, 7) is 10.2. The number of amidine groups is 1. The van der Waals surface area contributed by atoms with Crippen LogP contribution in [0.25, 0.3) is 4.91 Å². The van der Waals surface area contributed by atoms with Crippen LogP contribution in [0.15, 0.2) is 23.0 Å². The molecule has 1 aromatic rings. The lowest BCUT2D eigenvalue weighted by atomic mass is 9.83. The summed E-state index contributed by atoms with van der Waals surface area (Å²) >= 11 is 3.44.